The molecule has 148 valence electrons. The van der Waals surface area contributed by atoms with E-state index in [0.29, 0.717) is 0 Å². The SMILES string of the molecule is O=c1[nH]c(NC(CO)c2ccccc2)nc2c1ncn2C1CC(O)C(CO)O1. The second-order valence-electron chi connectivity index (χ2n) is 6.64. The van der Waals surface area contributed by atoms with E-state index in [4.69, 9.17) is 4.74 Å². The molecule has 0 bridgehead atoms. The van der Waals surface area contributed by atoms with Crippen LogP contribution >= 0.6 is 0 Å². The van der Waals surface area contributed by atoms with E-state index < -0.39 is 30.0 Å². The standard InChI is InChI=1S/C18H21N5O5/c24-7-11(10-4-2-1-3-5-10)20-18-21-16-15(17(27)22-18)19-9-23(16)14-6-12(26)13(8-25)28-14/h1-5,9,11-14,24-26H,6-8H2,(H2,20,21,22,27). The Morgan fingerprint density at radius 2 is 2.11 bits per heavy atom. The summed E-state index contributed by atoms with van der Waals surface area (Å²) in [7, 11) is 0. The average molecular weight is 387 g/mol. The summed E-state index contributed by atoms with van der Waals surface area (Å²) in [5.74, 6) is 0.180. The predicted octanol–water partition coefficient (Wildman–Crippen LogP) is -0.0942. The summed E-state index contributed by atoms with van der Waals surface area (Å²) in [6.45, 7) is -0.499. The number of imidazole rings is 1. The maximum atomic E-state index is 12.4. The molecule has 1 saturated heterocycles. The number of aliphatic hydroxyl groups excluding tert-OH is 3. The van der Waals surface area contributed by atoms with Crippen LogP contribution in [0.2, 0.25) is 0 Å². The Labute approximate surface area is 159 Å². The molecule has 10 nitrogen and oxygen atoms in total. The first-order valence-corrected chi connectivity index (χ1v) is 8.94. The van der Waals surface area contributed by atoms with Crippen LogP contribution in [0.4, 0.5) is 5.95 Å². The summed E-state index contributed by atoms with van der Waals surface area (Å²) in [6.07, 6.45) is -0.434. The average Bonchev–Trinajstić information content (AvgIpc) is 3.30. The van der Waals surface area contributed by atoms with Gasteiger partial charge in [-0.15, -0.1) is 0 Å². The van der Waals surface area contributed by atoms with Gasteiger partial charge >= 0.3 is 0 Å². The van der Waals surface area contributed by atoms with Crippen LogP contribution in [0.15, 0.2) is 41.5 Å². The van der Waals surface area contributed by atoms with E-state index >= 15 is 0 Å². The van der Waals surface area contributed by atoms with E-state index in [2.05, 4.69) is 20.3 Å². The lowest BCUT2D eigenvalue weighted by molar-refractivity contribution is -0.0432. The molecule has 10 heteroatoms. The Bertz CT molecular complexity index is 1000. The molecule has 3 heterocycles. The fourth-order valence-electron chi connectivity index (χ4n) is 3.34. The van der Waals surface area contributed by atoms with Gasteiger partial charge in [0.1, 0.15) is 12.3 Å². The van der Waals surface area contributed by atoms with Gasteiger partial charge in [0.2, 0.25) is 5.95 Å². The monoisotopic (exact) mass is 387 g/mol. The molecule has 0 aliphatic carbocycles. The summed E-state index contributed by atoms with van der Waals surface area (Å²) in [6, 6.07) is 8.84. The molecular formula is C18H21N5O5. The normalized spacial score (nSPS) is 23.2. The molecule has 1 aliphatic heterocycles. The van der Waals surface area contributed by atoms with Gasteiger partial charge in [0.25, 0.3) is 5.56 Å². The zero-order valence-corrected chi connectivity index (χ0v) is 14.9. The van der Waals surface area contributed by atoms with E-state index in [9.17, 15) is 20.1 Å². The molecule has 4 atom stereocenters. The molecule has 2 aromatic heterocycles. The van der Waals surface area contributed by atoms with Gasteiger partial charge < -0.3 is 25.4 Å². The van der Waals surface area contributed by atoms with Crippen molar-refractivity contribution in [3.63, 3.8) is 0 Å². The fraction of sp³-hybridized carbons (Fsp3) is 0.389. The second kappa shape index (κ2) is 7.68. The number of ether oxygens (including phenoxy) is 1. The highest BCUT2D eigenvalue weighted by molar-refractivity contribution is 5.71. The van der Waals surface area contributed by atoms with Gasteiger partial charge in [0, 0.05) is 6.42 Å². The maximum Gasteiger partial charge on any atom is 0.280 e. The van der Waals surface area contributed by atoms with E-state index in [-0.39, 0.29) is 36.7 Å². The number of rotatable bonds is 6. The second-order valence-corrected chi connectivity index (χ2v) is 6.64. The van der Waals surface area contributed by atoms with Gasteiger partial charge in [0.15, 0.2) is 11.2 Å². The molecule has 0 spiro atoms. The van der Waals surface area contributed by atoms with Crippen molar-refractivity contribution in [1.82, 2.24) is 19.5 Å². The molecular weight excluding hydrogens is 366 g/mol. The molecule has 1 fully saturated rings. The van der Waals surface area contributed by atoms with Crippen LogP contribution in [0, 0.1) is 0 Å². The summed E-state index contributed by atoms with van der Waals surface area (Å²) in [5, 5.41) is 32.0. The van der Waals surface area contributed by atoms with Gasteiger partial charge in [-0.2, -0.15) is 4.98 Å². The Kier molecular flexibility index (Phi) is 5.09. The highest BCUT2D eigenvalue weighted by Crippen LogP contribution is 2.30. The van der Waals surface area contributed by atoms with Gasteiger partial charge in [-0.25, -0.2) is 4.98 Å². The zero-order chi connectivity index (χ0) is 19.7. The highest BCUT2D eigenvalue weighted by Gasteiger charge is 2.35. The molecule has 1 aromatic carbocycles. The van der Waals surface area contributed by atoms with Crippen LogP contribution in [0.3, 0.4) is 0 Å². The Balaban J connectivity index is 1.67. The van der Waals surface area contributed by atoms with Crippen molar-refractivity contribution in [1.29, 1.82) is 0 Å². The van der Waals surface area contributed by atoms with E-state index in [1.165, 1.54) is 6.33 Å². The van der Waals surface area contributed by atoms with E-state index in [1.807, 2.05) is 30.3 Å². The van der Waals surface area contributed by atoms with Crippen LogP contribution < -0.4 is 10.9 Å². The summed E-state index contributed by atoms with van der Waals surface area (Å²) >= 11 is 0. The van der Waals surface area contributed by atoms with Crippen LogP contribution in [-0.2, 0) is 4.74 Å². The Morgan fingerprint density at radius 1 is 1.32 bits per heavy atom. The molecule has 3 aromatic rings. The third kappa shape index (κ3) is 3.38. The lowest BCUT2D eigenvalue weighted by Crippen LogP contribution is -2.24. The number of fused-ring (bicyclic) bond motifs is 1. The lowest BCUT2D eigenvalue weighted by atomic mass is 10.1. The van der Waals surface area contributed by atoms with E-state index in [0.717, 1.165) is 5.56 Å². The predicted molar refractivity (Wildman–Crippen MR) is 99.7 cm³/mol. The van der Waals surface area contributed by atoms with Gasteiger partial charge in [-0.3, -0.25) is 14.3 Å². The minimum atomic E-state index is -0.816. The smallest absolute Gasteiger partial charge is 0.280 e. The number of hydrogen-bond donors (Lipinski definition) is 5. The molecule has 4 rings (SSSR count). The zero-order valence-electron chi connectivity index (χ0n) is 14.9. The molecule has 0 amide bonds. The maximum absolute atomic E-state index is 12.4. The number of hydrogen-bond acceptors (Lipinski definition) is 8. The van der Waals surface area contributed by atoms with Crippen molar-refractivity contribution >= 4 is 17.1 Å². The molecule has 1 aliphatic rings. The van der Waals surface area contributed by atoms with Crippen molar-refractivity contribution in [2.45, 2.75) is 30.9 Å². The molecule has 0 radical (unpaired) electrons. The summed E-state index contributed by atoms with van der Waals surface area (Å²) < 4.78 is 7.20. The Hall–Kier alpha value is -2.79. The van der Waals surface area contributed by atoms with Crippen LogP contribution in [0.1, 0.15) is 24.3 Å². The van der Waals surface area contributed by atoms with Gasteiger partial charge in [-0.1, -0.05) is 30.3 Å². The number of benzene rings is 1. The van der Waals surface area contributed by atoms with Crippen molar-refractivity contribution in [3.05, 3.63) is 52.6 Å². The van der Waals surface area contributed by atoms with Crippen molar-refractivity contribution in [3.8, 4) is 0 Å². The molecule has 4 unspecified atom stereocenters. The first-order chi connectivity index (χ1) is 13.6. The number of nitrogens with one attached hydrogen (secondary N) is 2. The Morgan fingerprint density at radius 3 is 2.79 bits per heavy atom. The topological polar surface area (TPSA) is 146 Å². The number of aromatic nitrogens is 4. The number of aliphatic hydroxyl groups is 3. The number of anilines is 1. The van der Waals surface area contributed by atoms with E-state index in [1.54, 1.807) is 4.57 Å². The van der Waals surface area contributed by atoms with Gasteiger partial charge in [0.05, 0.1) is 31.7 Å². The third-order valence-electron chi connectivity index (χ3n) is 4.82. The first kappa shape index (κ1) is 18.6. The molecule has 5 N–H and O–H groups in total. The van der Waals surface area contributed by atoms with Crippen LogP contribution in [0.25, 0.3) is 11.2 Å². The van der Waals surface area contributed by atoms with Gasteiger partial charge in [-0.05, 0) is 5.56 Å². The number of nitrogens with zero attached hydrogens (tertiary/aromatic N) is 3. The summed E-state index contributed by atoms with van der Waals surface area (Å²) in [5.41, 5.74) is 0.825. The summed E-state index contributed by atoms with van der Waals surface area (Å²) in [4.78, 5) is 23.6. The van der Waals surface area contributed by atoms with Crippen molar-refractivity contribution in [2.75, 3.05) is 18.5 Å². The third-order valence-corrected chi connectivity index (χ3v) is 4.82. The molecule has 28 heavy (non-hydrogen) atoms. The number of H-pyrrole nitrogens is 1. The van der Waals surface area contributed by atoms with Crippen molar-refractivity contribution in [2.24, 2.45) is 0 Å². The lowest BCUT2D eigenvalue weighted by Gasteiger charge is -2.17. The first-order valence-electron chi connectivity index (χ1n) is 8.94. The highest BCUT2D eigenvalue weighted by atomic mass is 16.5. The minimum Gasteiger partial charge on any atom is -0.394 e. The fourth-order valence-corrected chi connectivity index (χ4v) is 3.34. The largest absolute Gasteiger partial charge is 0.394 e. The quantitative estimate of drug-likeness (QED) is 0.394. The minimum absolute atomic E-state index is 0.136. The van der Waals surface area contributed by atoms with Crippen LogP contribution in [-0.4, -0.2) is 60.3 Å². The van der Waals surface area contributed by atoms with Crippen molar-refractivity contribution < 1.29 is 20.1 Å². The molecule has 0 saturated carbocycles. The number of aromatic amines is 1. The van der Waals surface area contributed by atoms with Crippen LogP contribution in [0.5, 0.6) is 0 Å².